The number of hydrogen-bond acceptors (Lipinski definition) is 5. The molecule has 2 aromatic rings. The van der Waals surface area contributed by atoms with Crippen LogP contribution in [0, 0.1) is 0 Å². The normalized spacial score (nSPS) is 16.8. The van der Waals surface area contributed by atoms with E-state index in [1.165, 1.54) is 5.56 Å². The van der Waals surface area contributed by atoms with Crippen molar-refractivity contribution in [3.63, 3.8) is 0 Å². The topological polar surface area (TPSA) is 70.3 Å². The molecular weight excluding hydrogens is 242 g/mol. The van der Waals surface area contributed by atoms with Gasteiger partial charge in [0.05, 0.1) is 12.8 Å². The number of nitrogens with zero attached hydrogens (tertiary/aromatic N) is 2. The standard InChI is InChI=1S/C14H15N3O2/c1-18-13-6-5-12(16-17-13)11-4-2-3-9-7-10(8-15)19-14(9)11/h2-6,10H,7-8,15H2,1H3/t10-/m1/s1. The molecule has 2 heterocycles. The average molecular weight is 257 g/mol. The minimum atomic E-state index is 0.0577. The molecule has 0 spiro atoms. The maximum atomic E-state index is 5.87. The number of aromatic nitrogens is 2. The average Bonchev–Trinajstić information content (AvgIpc) is 2.90. The molecule has 0 fully saturated rings. The number of ether oxygens (including phenoxy) is 2. The smallest absolute Gasteiger partial charge is 0.233 e. The van der Waals surface area contributed by atoms with E-state index in [9.17, 15) is 0 Å². The molecule has 1 aromatic heterocycles. The summed E-state index contributed by atoms with van der Waals surface area (Å²) in [4.78, 5) is 0. The van der Waals surface area contributed by atoms with Crippen LogP contribution in [-0.4, -0.2) is 30.0 Å². The van der Waals surface area contributed by atoms with Crippen molar-refractivity contribution in [2.24, 2.45) is 5.73 Å². The summed E-state index contributed by atoms with van der Waals surface area (Å²) >= 11 is 0. The van der Waals surface area contributed by atoms with Crippen molar-refractivity contribution in [2.75, 3.05) is 13.7 Å². The molecular formula is C14H15N3O2. The summed E-state index contributed by atoms with van der Waals surface area (Å²) in [6.07, 6.45) is 0.908. The van der Waals surface area contributed by atoms with Crippen molar-refractivity contribution >= 4 is 0 Å². The van der Waals surface area contributed by atoms with Gasteiger partial charge in [-0.05, 0) is 17.7 Å². The van der Waals surface area contributed by atoms with Crippen molar-refractivity contribution in [1.82, 2.24) is 10.2 Å². The molecule has 2 N–H and O–H groups in total. The molecule has 0 amide bonds. The van der Waals surface area contributed by atoms with Crippen molar-refractivity contribution in [2.45, 2.75) is 12.5 Å². The second-order valence-corrected chi connectivity index (χ2v) is 4.43. The molecule has 98 valence electrons. The van der Waals surface area contributed by atoms with Crippen molar-refractivity contribution in [3.05, 3.63) is 35.9 Å². The van der Waals surface area contributed by atoms with Gasteiger partial charge in [0.25, 0.3) is 0 Å². The van der Waals surface area contributed by atoms with Crippen LogP contribution in [0.15, 0.2) is 30.3 Å². The molecule has 0 aliphatic carbocycles. The van der Waals surface area contributed by atoms with Crippen LogP contribution in [0.4, 0.5) is 0 Å². The highest BCUT2D eigenvalue weighted by Gasteiger charge is 2.25. The van der Waals surface area contributed by atoms with Gasteiger partial charge in [0.1, 0.15) is 11.9 Å². The number of hydrogen-bond donors (Lipinski definition) is 1. The first-order valence-corrected chi connectivity index (χ1v) is 6.18. The van der Waals surface area contributed by atoms with E-state index in [0.29, 0.717) is 12.4 Å². The van der Waals surface area contributed by atoms with Gasteiger partial charge in [0, 0.05) is 24.6 Å². The number of nitrogens with two attached hydrogens (primary N) is 1. The largest absolute Gasteiger partial charge is 0.488 e. The SMILES string of the molecule is COc1ccc(-c2cccc3c2O[C@@H](CN)C3)nn1. The first kappa shape index (κ1) is 11.9. The lowest BCUT2D eigenvalue weighted by molar-refractivity contribution is 0.242. The van der Waals surface area contributed by atoms with Crippen LogP contribution in [0.5, 0.6) is 11.6 Å². The van der Waals surface area contributed by atoms with Crippen molar-refractivity contribution < 1.29 is 9.47 Å². The minimum Gasteiger partial charge on any atom is -0.488 e. The number of para-hydroxylation sites is 1. The fourth-order valence-corrected chi connectivity index (χ4v) is 2.24. The third kappa shape index (κ3) is 2.13. The Morgan fingerprint density at radius 3 is 2.89 bits per heavy atom. The Labute approximate surface area is 111 Å². The summed E-state index contributed by atoms with van der Waals surface area (Å²) in [5.74, 6) is 1.37. The van der Waals surface area contributed by atoms with E-state index in [4.69, 9.17) is 15.2 Å². The molecule has 0 unspecified atom stereocenters. The van der Waals surface area contributed by atoms with Crippen LogP contribution in [0.1, 0.15) is 5.56 Å². The summed E-state index contributed by atoms with van der Waals surface area (Å²) in [6, 6.07) is 9.71. The van der Waals surface area contributed by atoms with Gasteiger partial charge in [-0.2, -0.15) is 0 Å². The Morgan fingerprint density at radius 2 is 2.21 bits per heavy atom. The monoisotopic (exact) mass is 257 g/mol. The molecule has 1 aliphatic heterocycles. The van der Waals surface area contributed by atoms with Gasteiger partial charge >= 0.3 is 0 Å². The number of benzene rings is 1. The Hall–Kier alpha value is -2.14. The Kier molecular flexibility index (Phi) is 3.05. The summed E-state index contributed by atoms with van der Waals surface area (Å²) < 4.78 is 10.9. The lowest BCUT2D eigenvalue weighted by Gasteiger charge is -2.10. The number of methoxy groups -OCH3 is 1. The molecule has 1 atom stereocenters. The van der Waals surface area contributed by atoms with E-state index in [2.05, 4.69) is 16.3 Å². The molecule has 1 aliphatic rings. The molecule has 0 radical (unpaired) electrons. The van der Waals surface area contributed by atoms with Crippen LogP contribution < -0.4 is 15.2 Å². The second kappa shape index (κ2) is 4.85. The first-order valence-electron chi connectivity index (χ1n) is 6.18. The molecule has 3 rings (SSSR count). The summed E-state index contributed by atoms with van der Waals surface area (Å²) in [7, 11) is 1.57. The lowest BCUT2D eigenvalue weighted by Crippen LogP contribution is -2.24. The Morgan fingerprint density at radius 1 is 1.32 bits per heavy atom. The van der Waals surface area contributed by atoms with Crippen LogP contribution in [0.2, 0.25) is 0 Å². The molecule has 0 bridgehead atoms. The van der Waals surface area contributed by atoms with Gasteiger partial charge < -0.3 is 15.2 Å². The summed E-state index contributed by atoms with van der Waals surface area (Å²) in [5, 5.41) is 8.15. The van der Waals surface area contributed by atoms with Crippen LogP contribution in [0.25, 0.3) is 11.3 Å². The summed E-state index contributed by atoms with van der Waals surface area (Å²) in [5.41, 5.74) is 8.56. The minimum absolute atomic E-state index is 0.0577. The highest BCUT2D eigenvalue weighted by Crippen LogP contribution is 2.37. The zero-order chi connectivity index (χ0) is 13.2. The van der Waals surface area contributed by atoms with Crippen LogP contribution in [0.3, 0.4) is 0 Å². The van der Waals surface area contributed by atoms with Crippen molar-refractivity contribution in [1.29, 1.82) is 0 Å². The maximum Gasteiger partial charge on any atom is 0.233 e. The predicted molar refractivity (Wildman–Crippen MR) is 71.2 cm³/mol. The maximum absolute atomic E-state index is 5.87. The second-order valence-electron chi connectivity index (χ2n) is 4.43. The quantitative estimate of drug-likeness (QED) is 0.900. The van der Waals surface area contributed by atoms with E-state index >= 15 is 0 Å². The van der Waals surface area contributed by atoms with Gasteiger partial charge in [0.2, 0.25) is 5.88 Å². The molecule has 0 saturated heterocycles. The van der Waals surface area contributed by atoms with E-state index in [-0.39, 0.29) is 6.10 Å². The van der Waals surface area contributed by atoms with Gasteiger partial charge in [-0.25, -0.2) is 0 Å². The van der Waals surface area contributed by atoms with E-state index in [0.717, 1.165) is 23.4 Å². The predicted octanol–water partition coefficient (Wildman–Crippen LogP) is 1.41. The molecule has 0 saturated carbocycles. The molecule has 5 heteroatoms. The Bertz CT molecular complexity index is 584. The summed E-state index contributed by atoms with van der Waals surface area (Å²) in [6.45, 7) is 0.516. The number of rotatable bonds is 3. The highest BCUT2D eigenvalue weighted by molar-refractivity contribution is 5.70. The van der Waals surface area contributed by atoms with E-state index in [1.54, 1.807) is 13.2 Å². The van der Waals surface area contributed by atoms with Gasteiger partial charge in [-0.3, -0.25) is 0 Å². The fourth-order valence-electron chi connectivity index (χ4n) is 2.24. The zero-order valence-corrected chi connectivity index (χ0v) is 10.7. The van der Waals surface area contributed by atoms with Crippen LogP contribution in [-0.2, 0) is 6.42 Å². The lowest BCUT2D eigenvalue weighted by atomic mass is 10.0. The first-order chi connectivity index (χ1) is 9.31. The zero-order valence-electron chi connectivity index (χ0n) is 10.7. The Balaban J connectivity index is 2.00. The van der Waals surface area contributed by atoms with Gasteiger partial charge in [0.15, 0.2) is 0 Å². The highest BCUT2D eigenvalue weighted by atomic mass is 16.5. The molecule has 5 nitrogen and oxygen atoms in total. The number of fused-ring (bicyclic) bond motifs is 1. The van der Waals surface area contributed by atoms with Gasteiger partial charge in [-0.15, -0.1) is 10.2 Å². The van der Waals surface area contributed by atoms with Crippen LogP contribution >= 0.6 is 0 Å². The fraction of sp³-hybridized carbons (Fsp3) is 0.286. The van der Waals surface area contributed by atoms with E-state index in [1.807, 2.05) is 18.2 Å². The third-order valence-corrected chi connectivity index (χ3v) is 3.22. The third-order valence-electron chi connectivity index (χ3n) is 3.22. The van der Waals surface area contributed by atoms with E-state index < -0.39 is 0 Å². The molecule has 19 heavy (non-hydrogen) atoms. The van der Waals surface area contributed by atoms with Crippen molar-refractivity contribution in [3.8, 4) is 22.9 Å². The molecule has 1 aromatic carbocycles. The van der Waals surface area contributed by atoms with Gasteiger partial charge in [-0.1, -0.05) is 12.1 Å².